The molecule has 0 radical (unpaired) electrons. The highest BCUT2D eigenvalue weighted by Crippen LogP contribution is 2.62. The maximum atomic E-state index is 12.8. The van der Waals surface area contributed by atoms with E-state index in [2.05, 4.69) is 29.3 Å². The number of allylic oxidation sites excluding steroid dienone is 1. The minimum atomic E-state index is -0.252. The van der Waals surface area contributed by atoms with Crippen LogP contribution in [0.2, 0.25) is 0 Å². The van der Waals surface area contributed by atoms with Gasteiger partial charge in [-0.1, -0.05) is 23.8 Å². The molecule has 0 amide bonds. The summed E-state index contributed by atoms with van der Waals surface area (Å²) < 4.78 is 5.17. The first-order chi connectivity index (χ1) is 12.1. The molecule has 2 saturated heterocycles. The molecule has 0 aromatic heterocycles. The number of aromatic hydroxyl groups is 1. The molecule has 5 nitrogen and oxygen atoms in total. The van der Waals surface area contributed by atoms with Gasteiger partial charge >= 0.3 is 5.97 Å². The molecule has 5 heteroatoms. The summed E-state index contributed by atoms with van der Waals surface area (Å²) in [5.74, 6) is 0.0958. The summed E-state index contributed by atoms with van der Waals surface area (Å²) in [5, 5.41) is 13.8. The van der Waals surface area contributed by atoms with Crippen molar-refractivity contribution in [2.24, 2.45) is 5.92 Å². The zero-order valence-corrected chi connectivity index (χ0v) is 14.5. The van der Waals surface area contributed by atoms with E-state index >= 15 is 0 Å². The molecule has 5 rings (SSSR count). The number of anilines is 1. The predicted octanol–water partition coefficient (Wildman–Crippen LogP) is 2.54. The highest BCUT2D eigenvalue weighted by molar-refractivity contribution is 5.94. The monoisotopic (exact) mass is 338 g/mol. The summed E-state index contributed by atoms with van der Waals surface area (Å²) in [7, 11) is 1.45. The summed E-state index contributed by atoms with van der Waals surface area (Å²) in [4.78, 5) is 15.3. The van der Waals surface area contributed by atoms with Crippen molar-refractivity contribution in [2.75, 3.05) is 25.5 Å². The van der Waals surface area contributed by atoms with Gasteiger partial charge in [0.1, 0.15) is 5.75 Å². The van der Waals surface area contributed by atoms with Crippen molar-refractivity contribution in [1.29, 1.82) is 0 Å². The van der Waals surface area contributed by atoms with Gasteiger partial charge in [-0.3, -0.25) is 4.90 Å². The molecule has 2 fully saturated rings. The van der Waals surface area contributed by atoms with E-state index in [1.165, 1.54) is 12.7 Å². The number of fused-ring (bicyclic) bond motifs is 2. The van der Waals surface area contributed by atoms with Gasteiger partial charge in [0.2, 0.25) is 0 Å². The number of methoxy groups -OCH3 is 1. The van der Waals surface area contributed by atoms with Gasteiger partial charge in [-0.15, -0.1) is 0 Å². The molecule has 130 valence electrons. The van der Waals surface area contributed by atoms with E-state index < -0.39 is 0 Å². The quantitative estimate of drug-likeness (QED) is 0.468. The molecule has 2 N–H and O–H groups in total. The summed E-state index contributed by atoms with van der Waals surface area (Å²) in [6.07, 6.45) is 4.04. The van der Waals surface area contributed by atoms with Crippen molar-refractivity contribution >= 4 is 11.7 Å². The van der Waals surface area contributed by atoms with E-state index in [0.717, 1.165) is 48.5 Å². The van der Waals surface area contributed by atoms with Crippen LogP contribution in [0.1, 0.15) is 25.3 Å². The number of carbonyl (C=O) groups is 1. The molecular formula is C20H22N2O3. The molecule has 1 aromatic rings. The third-order valence-electron chi connectivity index (χ3n) is 6.71. The largest absolute Gasteiger partial charge is 0.506 e. The van der Waals surface area contributed by atoms with Crippen molar-refractivity contribution in [3.63, 3.8) is 0 Å². The van der Waals surface area contributed by atoms with E-state index in [9.17, 15) is 9.90 Å². The Morgan fingerprint density at radius 2 is 2.32 bits per heavy atom. The Balaban J connectivity index is 1.83. The number of para-hydroxylation sites is 1. The number of benzene rings is 1. The molecule has 2 bridgehead atoms. The van der Waals surface area contributed by atoms with Crippen LogP contribution in [0.15, 0.2) is 41.1 Å². The second-order valence-electron chi connectivity index (χ2n) is 7.46. The van der Waals surface area contributed by atoms with E-state index in [1.54, 1.807) is 6.07 Å². The number of piperidine rings is 1. The fraction of sp³-hybridized carbons (Fsp3) is 0.450. The Bertz CT molecular complexity index is 856. The summed E-state index contributed by atoms with van der Waals surface area (Å²) in [6.45, 7) is 3.97. The molecule has 25 heavy (non-hydrogen) atoms. The van der Waals surface area contributed by atoms with Crippen molar-refractivity contribution in [3.8, 4) is 5.75 Å². The van der Waals surface area contributed by atoms with Crippen LogP contribution < -0.4 is 5.32 Å². The molecule has 0 saturated carbocycles. The lowest BCUT2D eigenvalue weighted by atomic mass is 9.62. The molecule has 1 aromatic carbocycles. The van der Waals surface area contributed by atoms with Crippen LogP contribution in [0.5, 0.6) is 5.75 Å². The molecule has 1 aliphatic carbocycles. The lowest BCUT2D eigenvalue weighted by Crippen LogP contribution is -2.53. The first-order valence-corrected chi connectivity index (χ1v) is 8.93. The Morgan fingerprint density at radius 1 is 1.48 bits per heavy atom. The van der Waals surface area contributed by atoms with Gasteiger partial charge in [-0.25, -0.2) is 4.79 Å². The smallest absolute Gasteiger partial charge is 0.336 e. The maximum absolute atomic E-state index is 12.8. The highest BCUT2D eigenvalue weighted by Gasteiger charge is 2.62. The number of esters is 1. The zero-order valence-electron chi connectivity index (χ0n) is 14.5. The minimum Gasteiger partial charge on any atom is -0.506 e. The van der Waals surface area contributed by atoms with E-state index in [0.29, 0.717) is 6.04 Å². The van der Waals surface area contributed by atoms with E-state index in [1.807, 2.05) is 6.07 Å². The molecular weight excluding hydrogens is 316 g/mol. The standard InChI is InChI=1S/C20H22N2O3/c1-3-11-10-22-8-7-20-13-5-4-6-14(23)17(13)21-18(20)16(19(24)25-2)12(11)9-15(20)22/h3-6,12,15,21,23H,7-10H2,1-2H3/b11-3+/t12-,15+,20-/m0/s1. The average Bonchev–Trinajstić information content (AvgIpc) is 3.18. The van der Waals surface area contributed by atoms with Crippen LogP contribution in [-0.2, 0) is 14.9 Å². The molecule has 4 aliphatic rings. The SMILES string of the molecule is C/C=C1\CN2CC[C@@]34C(=C(C(=O)OC)[C@H]1C[C@@H]23)Nc1c(O)cccc14. The Morgan fingerprint density at radius 3 is 3.08 bits per heavy atom. The summed E-state index contributed by atoms with van der Waals surface area (Å²) >= 11 is 0. The first-order valence-electron chi connectivity index (χ1n) is 8.93. The van der Waals surface area contributed by atoms with Gasteiger partial charge in [0.05, 0.1) is 23.8 Å². The van der Waals surface area contributed by atoms with Crippen LogP contribution in [0.25, 0.3) is 0 Å². The number of nitrogens with one attached hydrogen (secondary N) is 1. The van der Waals surface area contributed by atoms with Gasteiger partial charge in [0.15, 0.2) is 0 Å². The van der Waals surface area contributed by atoms with Crippen molar-refractivity contribution < 1.29 is 14.6 Å². The molecule has 3 heterocycles. The Kier molecular flexibility index (Phi) is 2.93. The number of nitrogens with zero attached hydrogens (tertiary/aromatic N) is 1. The number of hydrogen-bond donors (Lipinski definition) is 2. The topological polar surface area (TPSA) is 61.8 Å². The van der Waals surface area contributed by atoms with Crippen LogP contribution in [-0.4, -0.2) is 42.2 Å². The molecule has 1 spiro atoms. The Labute approximate surface area is 147 Å². The number of ether oxygens (including phenoxy) is 1. The normalized spacial score (nSPS) is 33.9. The van der Waals surface area contributed by atoms with Crippen molar-refractivity contribution in [1.82, 2.24) is 4.90 Å². The van der Waals surface area contributed by atoms with Crippen LogP contribution in [0, 0.1) is 5.92 Å². The number of phenols is 1. The van der Waals surface area contributed by atoms with E-state index in [4.69, 9.17) is 4.74 Å². The maximum Gasteiger partial charge on any atom is 0.336 e. The lowest BCUT2D eigenvalue weighted by molar-refractivity contribution is -0.137. The average molecular weight is 338 g/mol. The number of rotatable bonds is 1. The second-order valence-corrected chi connectivity index (χ2v) is 7.46. The van der Waals surface area contributed by atoms with Gasteiger partial charge in [0, 0.05) is 30.7 Å². The van der Waals surface area contributed by atoms with Gasteiger partial charge in [-0.2, -0.15) is 0 Å². The lowest BCUT2D eigenvalue weighted by Gasteiger charge is -2.48. The van der Waals surface area contributed by atoms with E-state index in [-0.39, 0.29) is 23.1 Å². The van der Waals surface area contributed by atoms with Gasteiger partial charge < -0.3 is 15.2 Å². The van der Waals surface area contributed by atoms with Crippen LogP contribution in [0.3, 0.4) is 0 Å². The summed E-state index contributed by atoms with van der Waals surface area (Å²) in [5.41, 5.74) is 4.66. The summed E-state index contributed by atoms with van der Waals surface area (Å²) in [6, 6.07) is 6.06. The molecule has 3 atom stereocenters. The van der Waals surface area contributed by atoms with Crippen LogP contribution >= 0.6 is 0 Å². The fourth-order valence-corrected chi connectivity index (χ4v) is 5.67. The number of carbonyl (C=O) groups excluding carboxylic acids is 1. The number of phenolic OH excluding ortho intramolecular Hbond substituents is 1. The first kappa shape index (κ1) is 15.0. The van der Waals surface area contributed by atoms with Crippen molar-refractivity contribution in [2.45, 2.75) is 31.2 Å². The predicted molar refractivity (Wildman–Crippen MR) is 94.3 cm³/mol. The third-order valence-corrected chi connectivity index (χ3v) is 6.71. The molecule has 3 aliphatic heterocycles. The second kappa shape index (κ2) is 4.88. The van der Waals surface area contributed by atoms with Crippen molar-refractivity contribution in [3.05, 3.63) is 46.7 Å². The highest BCUT2D eigenvalue weighted by atomic mass is 16.5. The fourth-order valence-electron chi connectivity index (χ4n) is 5.67. The molecule has 0 unspecified atom stereocenters. The zero-order chi connectivity index (χ0) is 17.3. The Hall–Kier alpha value is -2.27. The number of hydrogen-bond acceptors (Lipinski definition) is 5. The third kappa shape index (κ3) is 1.64. The van der Waals surface area contributed by atoms with Gasteiger partial charge in [0.25, 0.3) is 0 Å². The minimum absolute atomic E-state index is 0.101. The van der Waals surface area contributed by atoms with Crippen LogP contribution in [0.4, 0.5) is 5.69 Å². The van der Waals surface area contributed by atoms with Gasteiger partial charge in [-0.05, 0) is 31.4 Å².